The fraction of sp³-hybridized carbons (Fsp3) is 0.300. The molecular weight excluding hydrogens is 346 g/mol. The predicted octanol–water partition coefficient (Wildman–Crippen LogP) is 3.53. The van der Waals surface area contributed by atoms with Crippen LogP contribution in [0, 0.1) is 0 Å². The molecule has 1 aliphatic heterocycles. The van der Waals surface area contributed by atoms with E-state index in [-0.39, 0.29) is 0 Å². The zero-order valence-electron chi connectivity index (χ0n) is 14.8. The van der Waals surface area contributed by atoms with Crippen LogP contribution in [0.3, 0.4) is 0 Å². The Morgan fingerprint density at radius 2 is 2.04 bits per heavy atom. The summed E-state index contributed by atoms with van der Waals surface area (Å²) in [4.78, 5) is 5.81. The highest BCUT2D eigenvalue weighted by atomic mass is 32.2. The van der Waals surface area contributed by atoms with E-state index < -0.39 is 10.0 Å². The van der Waals surface area contributed by atoms with Crippen molar-refractivity contribution in [1.82, 2.24) is 9.88 Å². The minimum absolute atomic E-state index is 0.432. The van der Waals surface area contributed by atoms with E-state index in [9.17, 15) is 8.42 Å². The molecule has 0 amide bonds. The minimum Gasteiger partial charge on any atom is -0.361 e. The van der Waals surface area contributed by atoms with Gasteiger partial charge in [-0.2, -0.15) is 0 Å². The highest BCUT2D eigenvalue weighted by Gasteiger charge is 2.24. The minimum atomic E-state index is -3.25. The third kappa shape index (κ3) is 3.76. The number of nitrogens with one attached hydrogen (secondary N) is 2. The van der Waals surface area contributed by atoms with E-state index in [1.807, 2.05) is 18.2 Å². The maximum Gasteiger partial charge on any atom is 0.229 e. The molecule has 26 heavy (non-hydrogen) atoms. The first-order chi connectivity index (χ1) is 12.5. The summed E-state index contributed by atoms with van der Waals surface area (Å²) in [6, 6.07) is 16.2. The predicted molar refractivity (Wildman–Crippen MR) is 106 cm³/mol. The molecule has 0 radical (unpaired) electrons. The molecule has 1 fully saturated rings. The molecule has 4 rings (SSSR count). The van der Waals surface area contributed by atoms with Crippen molar-refractivity contribution >= 4 is 26.6 Å². The Morgan fingerprint density at radius 1 is 1.19 bits per heavy atom. The zero-order valence-corrected chi connectivity index (χ0v) is 15.6. The summed E-state index contributed by atoms with van der Waals surface area (Å²) >= 11 is 0. The van der Waals surface area contributed by atoms with E-state index in [4.69, 9.17) is 0 Å². The first-order valence-electron chi connectivity index (χ1n) is 8.83. The summed E-state index contributed by atoms with van der Waals surface area (Å²) < 4.78 is 25.5. The molecule has 6 heteroatoms. The van der Waals surface area contributed by atoms with E-state index in [0.29, 0.717) is 11.6 Å². The lowest BCUT2D eigenvalue weighted by molar-refractivity contribution is 0.328. The van der Waals surface area contributed by atoms with E-state index in [1.54, 1.807) is 6.07 Å². The highest BCUT2D eigenvalue weighted by Crippen LogP contribution is 2.30. The lowest BCUT2D eigenvalue weighted by atomic mass is 9.98. The van der Waals surface area contributed by atoms with Gasteiger partial charge < -0.3 is 4.98 Å². The summed E-state index contributed by atoms with van der Waals surface area (Å²) in [7, 11) is -3.25. The summed E-state index contributed by atoms with van der Waals surface area (Å²) in [6.45, 7) is 2.97. The van der Waals surface area contributed by atoms with E-state index in [0.717, 1.165) is 26.1 Å². The summed E-state index contributed by atoms with van der Waals surface area (Å²) in [6.07, 6.45) is 4.37. The largest absolute Gasteiger partial charge is 0.361 e. The Balaban J connectivity index is 1.46. The summed E-state index contributed by atoms with van der Waals surface area (Å²) in [5.74, 6) is 0.432. The van der Waals surface area contributed by atoms with Crippen LogP contribution in [0.1, 0.15) is 23.5 Å². The fourth-order valence-electron chi connectivity index (χ4n) is 3.82. The molecule has 2 aromatic carbocycles. The van der Waals surface area contributed by atoms with Gasteiger partial charge in [0.15, 0.2) is 0 Å². The third-order valence-electron chi connectivity index (χ3n) is 5.00. The van der Waals surface area contributed by atoms with Crippen LogP contribution in [-0.4, -0.2) is 37.6 Å². The molecule has 1 aliphatic rings. The molecule has 3 aromatic rings. The van der Waals surface area contributed by atoms with Crippen molar-refractivity contribution in [2.45, 2.75) is 18.9 Å². The van der Waals surface area contributed by atoms with Gasteiger partial charge in [0, 0.05) is 35.9 Å². The van der Waals surface area contributed by atoms with E-state index in [1.165, 1.54) is 28.3 Å². The number of hydrogen-bond donors (Lipinski definition) is 2. The number of rotatable bonds is 5. The van der Waals surface area contributed by atoms with Crippen molar-refractivity contribution in [3.8, 4) is 0 Å². The average molecular weight is 369 g/mol. The number of anilines is 1. The van der Waals surface area contributed by atoms with Gasteiger partial charge in [0.05, 0.1) is 6.26 Å². The Kier molecular flexibility index (Phi) is 4.46. The van der Waals surface area contributed by atoms with Crippen molar-refractivity contribution < 1.29 is 8.42 Å². The molecular formula is C20H23N3O2S. The highest BCUT2D eigenvalue weighted by molar-refractivity contribution is 7.92. The summed E-state index contributed by atoms with van der Waals surface area (Å²) in [5, 5.41) is 1.29. The molecule has 0 aliphatic carbocycles. The number of para-hydroxylation sites is 1. The monoisotopic (exact) mass is 369 g/mol. The second kappa shape index (κ2) is 6.78. The smallest absolute Gasteiger partial charge is 0.229 e. The molecule has 0 saturated carbocycles. The van der Waals surface area contributed by atoms with E-state index in [2.05, 4.69) is 45.1 Å². The first-order valence-corrected chi connectivity index (χ1v) is 10.7. The van der Waals surface area contributed by atoms with Crippen LogP contribution < -0.4 is 4.72 Å². The number of nitrogens with zero attached hydrogens (tertiary/aromatic N) is 1. The normalized spacial score (nSPS) is 18.4. The van der Waals surface area contributed by atoms with Gasteiger partial charge in [-0.15, -0.1) is 0 Å². The number of likely N-dealkylation sites (tertiary alicyclic amines) is 1. The number of H-pyrrole nitrogens is 1. The summed E-state index contributed by atoms with van der Waals surface area (Å²) in [5.41, 5.74) is 4.34. The van der Waals surface area contributed by atoms with Crippen LogP contribution in [0.25, 0.3) is 10.9 Å². The van der Waals surface area contributed by atoms with Gasteiger partial charge in [-0.05, 0) is 48.2 Å². The average Bonchev–Trinajstić information content (AvgIpc) is 3.22. The van der Waals surface area contributed by atoms with Crippen LogP contribution in [0.5, 0.6) is 0 Å². The lowest BCUT2D eigenvalue weighted by Gasteiger charge is -2.16. The molecule has 1 saturated heterocycles. The van der Waals surface area contributed by atoms with Crippen molar-refractivity contribution in [2.75, 3.05) is 24.1 Å². The Labute approximate surface area is 154 Å². The second-order valence-electron chi connectivity index (χ2n) is 7.08. The van der Waals surface area contributed by atoms with Gasteiger partial charge in [-0.1, -0.05) is 30.3 Å². The fourth-order valence-corrected chi connectivity index (χ4v) is 4.38. The van der Waals surface area contributed by atoms with Gasteiger partial charge >= 0.3 is 0 Å². The van der Waals surface area contributed by atoms with Gasteiger partial charge in [-0.3, -0.25) is 9.62 Å². The molecule has 1 unspecified atom stereocenters. The van der Waals surface area contributed by atoms with Crippen LogP contribution in [0.4, 0.5) is 5.69 Å². The SMILES string of the molecule is CS(=O)(=O)Nc1cccc(C2CCN(Cc3c[nH]c4ccccc34)C2)c1. The number of sulfonamides is 1. The maximum atomic E-state index is 11.4. The number of fused-ring (bicyclic) bond motifs is 1. The van der Waals surface area contributed by atoms with Crippen molar-refractivity contribution in [3.05, 3.63) is 65.9 Å². The molecule has 1 atom stereocenters. The van der Waals surface area contributed by atoms with Crippen LogP contribution in [0.15, 0.2) is 54.7 Å². The second-order valence-corrected chi connectivity index (χ2v) is 8.83. The van der Waals surface area contributed by atoms with Gasteiger partial charge in [0.25, 0.3) is 0 Å². The number of aromatic nitrogens is 1. The Morgan fingerprint density at radius 3 is 2.88 bits per heavy atom. The molecule has 1 aromatic heterocycles. The third-order valence-corrected chi connectivity index (χ3v) is 5.61. The molecule has 136 valence electrons. The number of benzene rings is 2. The topological polar surface area (TPSA) is 65.2 Å². The Bertz CT molecular complexity index is 1030. The lowest BCUT2D eigenvalue weighted by Crippen LogP contribution is -2.19. The van der Waals surface area contributed by atoms with Gasteiger partial charge in [0.1, 0.15) is 0 Å². The molecule has 2 heterocycles. The number of hydrogen-bond acceptors (Lipinski definition) is 3. The molecule has 5 nitrogen and oxygen atoms in total. The van der Waals surface area contributed by atoms with Crippen LogP contribution >= 0.6 is 0 Å². The van der Waals surface area contributed by atoms with Crippen LogP contribution in [0.2, 0.25) is 0 Å². The molecule has 0 bridgehead atoms. The van der Waals surface area contributed by atoms with Gasteiger partial charge in [-0.25, -0.2) is 8.42 Å². The zero-order chi connectivity index (χ0) is 18.1. The molecule has 2 N–H and O–H groups in total. The number of aromatic amines is 1. The van der Waals surface area contributed by atoms with Crippen molar-refractivity contribution in [1.29, 1.82) is 0 Å². The van der Waals surface area contributed by atoms with Crippen molar-refractivity contribution in [2.24, 2.45) is 0 Å². The van der Waals surface area contributed by atoms with Crippen LogP contribution in [-0.2, 0) is 16.6 Å². The first kappa shape index (κ1) is 17.1. The van der Waals surface area contributed by atoms with Gasteiger partial charge in [0.2, 0.25) is 10.0 Å². The standard InChI is InChI=1S/C20H23N3O2S/c1-26(24,25)22-18-6-4-5-15(11-18)16-9-10-23(13-16)14-17-12-21-20-8-3-2-7-19(17)20/h2-8,11-12,16,21-22H,9-10,13-14H2,1H3. The quantitative estimate of drug-likeness (QED) is 0.723. The Hall–Kier alpha value is -2.31. The molecule has 0 spiro atoms. The maximum absolute atomic E-state index is 11.4. The van der Waals surface area contributed by atoms with E-state index >= 15 is 0 Å². The van der Waals surface area contributed by atoms with Crippen molar-refractivity contribution in [3.63, 3.8) is 0 Å².